The second kappa shape index (κ2) is 10.8. The SMILES string of the molecule is COc1ccc(NC(=S)N[C@@H](NC(=O)c2ccc(OC)c(OC)c2)C(Cl)(Cl)Cl)cc1. The Labute approximate surface area is 194 Å². The summed E-state index contributed by atoms with van der Waals surface area (Å²) in [6, 6.07) is 11.7. The van der Waals surface area contributed by atoms with Crippen molar-refractivity contribution in [3.63, 3.8) is 0 Å². The minimum Gasteiger partial charge on any atom is -0.497 e. The number of hydrogen-bond donors (Lipinski definition) is 3. The van der Waals surface area contributed by atoms with Crippen LogP contribution >= 0.6 is 47.0 Å². The van der Waals surface area contributed by atoms with Gasteiger partial charge in [-0.25, -0.2) is 0 Å². The summed E-state index contributed by atoms with van der Waals surface area (Å²) >= 11 is 23.4. The third-order valence-corrected chi connectivity index (χ3v) is 4.75. The second-order valence-electron chi connectivity index (χ2n) is 5.84. The van der Waals surface area contributed by atoms with Crippen LogP contribution in [0.15, 0.2) is 42.5 Å². The number of ether oxygens (including phenoxy) is 3. The van der Waals surface area contributed by atoms with E-state index in [0.717, 1.165) is 0 Å². The van der Waals surface area contributed by atoms with Gasteiger partial charge in [-0.2, -0.15) is 0 Å². The number of methoxy groups -OCH3 is 3. The Morgan fingerprint density at radius 3 is 2.10 bits per heavy atom. The number of carbonyl (C=O) groups excluding carboxylic acids is 1. The molecular formula is C19H20Cl3N3O4S. The Bertz CT molecular complexity index is 892. The molecule has 0 unspecified atom stereocenters. The summed E-state index contributed by atoms with van der Waals surface area (Å²) in [5, 5.41) is 8.48. The molecule has 30 heavy (non-hydrogen) atoms. The molecule has 7 nitrogen and oxygen atoms in total. The van der Waals surface area contributed by atoms with E-state index in [0.29, 0.717) is 22.9 Å². The molecule has 0 bridgehead atoms. The minimum atomic E-state index is -1.89. The number of nitrogens with one attached hydrogen (secondary N) is 3. The van der Waals surface area contributed by atoms with Crippen molar-refractivity contribution in [1.29, 1.82) is 0 Å². The first-order valence-corrected chi connectivity index (χ1v) is 10.0. The summed E-state index contributed by atoms with van der Waals surface area (Å²) in [5.74, 6) is 1.06. The predicted molar refractivity (Wildman–Crippen MR) is 123 cm³/mol. The molecule has 0 saturated heterocycles. The van der Waals surface area contributed by atoms with Crippen molar-refractivity contribution in [2.24, 2.45) is 0 Å². The number of rotatable bonds is 7. The van der Waals surface area contributed by atoms with Crippen LogP contribution < -0.4 is 30.2 Å². The van der Waals surface area contributed by atoms with Crippen LogP contribution in [0.25, 0.3) is 0 Å². The van der Waals surface area contributed by atoms with Crippen LogP contribution in [-0.2, 0) is 0 Å². The van der Waals surface area contributed by atoms with Crippen molar-refractivity contribution in [2.45, 2.75) is 9.96 Å². The van der Waals surface area contributed by atoms with Crippen molar-refractivity contribution in [3.05, 3.63) is 48.0 Å². The van der Waals surface area contributed by atoms with Gasteiger partial charge < -0.3 is 30.2 Å². The highest BCUT2D eigenvalue weighted by Crippen LogP contribution is 2.30. The topological polar surface area (TPSA) is 80.9 Å². The highest BCUT2D eigenvalue weighted by atomic mass is 35.6. The van der Waals surface area contributed by atoms with Crippen LogP contribution in [0, 0.1) is 0 Å². The standard InChI is InChI=1S/C19H20Cl3N3O4S/c1-27-13-7-5-12(6-8-13)23-18(30)25-17(19(20,21)22)24-16(26)11-4-9-14(28-2)15(10-11)29-3/h4-10,17H,1-3H3,(H,24,26)(H2,23,25,30)/t17-/m1/s1. The molecule has 0 heterocycles. The summed E-state index contributed by atoms with van der Waals surface area (Å²) in [4.78, 5) is 12.7. The van der Waals surface area contributed by atoms with E-state index in [1.165, 1.54) is 20.3 Å². The predicted octanol–water partition coefficient (Wildman–Crippen LogP) is 4.13. The average molecular weight is 493 g/mol. The maximum Gasteiger partial charge on any atom is 0.253 e. The van der Waals surface area contributed by atoms with Gasteiger partial charge in [-0.05, 0) is 54.7 Å². The molecule has 162 valence electrons. The van der Waals surface area contributed by atoms with E-state index in [-0.39, 0.29) is 10.7 Å². The normalized spacial score (nSPS) is 11.8. The van der Waals surface area contributed by atoms with Crippen LogP contribution in [0.4, 0.5) is 5.69 Å². The number of alkyl halides is 3. The lowest BCUT2D eigenvalue weighted by atomic mass is 10.2. The molecule has 1 atom stereocenters. The van der Waals surface area contributed by atoms with E-state index in [4.69, 9.17) is 61.2 Å². The zero-order valence-electron chi connectivity index (χ0n) is 16.3. The Morgan fingerprint density at radius 2 is 1.57 bits per heavy atom. The molecule has 0 spiro atoms. The molecule has 2 aromatic carbocycles. The summed E-state index contributed by atoms with van der Waals surface area (Å²) in [7, 11) is 4.53. The number of amides is 1. The molecule has 0 saturated carbocycles. The first-order valence-electron chi connectivity index (χ1n) is 8.49. The molecule has 0 aliphatic carbocycles. The molecule has 0 aromatic heterocycles. The van der Waals surface area contributed by atoms with Gasteiger partial charge in [0.05, 0.1) is 21.3 Å². The first kappa shape index (κ1) is 24.1. The molecule has 1 amide bonds. The lowest BCUT2D eigenvalue weighted by Crippen LogP contribution is -2.56. The monoisotopic (exact) mass is 491 g/mol. The minimum absolute atomic E-state index is 0.143. The number of thiocarbonyl (C=S) groups is 1. The van der Waals surface area contributed by atoms with Crippen LogP contribution in [-0.4, -0.2) is 42.3 Å². The van der Waals surface area contributed by atoms with Crippen LogP contribution in [0.5, 0.6) is 17.2 Å². The lowest BCUT2D eigenvalue weighted by molar-refractivity contribution is 0.0934. The van der Waals surface area contributed by atoms with Crippen LogP contribution in [0.1, 0.15) is 10.4 Å². The fourth-order valence-electron chi connectivity index (χ4n) is 2.36. The summed E-state index contributed by atoms with van der Waals surface area (Å²) in [5.41, 5.74) is 0.963. The van der Waals surface area contributed by atoms with Gasteiger partial charge in [-0.3, -0.25) is 4.79 Å². The molecule has 2 aromatic rings. The highest BCUT2D eigenvalue weighted by molar-refractivity contribution is 7.80. The first-order chi connectivity index (χ1) is 14.2. The number of hydrogen-bond acceptors (Lipinski definition) is 5. The van der Waals surface area contributed by atoms with Crippen molar-refractivity contribution in [1.82, 2.24) is 10.6 Å². The Hall–Kier alpha value is -2.13. The maximum absolute atomic E-state index is 12.7. The van der Waals surface area contributed by atoms with Gasteiger partial charge in [0.1, 0.15) is 11.9 Å². The molecule has 0 aliphatic rings. The number of carbonyl (C=O) groups is 1. The van der Waals surface area contributed by atoms with Gasteiger partial charge in [0, 0.05) is 11.3 Å². The second-order valence-corrected chi connectivity index (χ2v) is 8.62. The van der Waals surface area contributed by atoms with Crippen LogP contribution in [0.3, 0.4) is 0 Å². The molecule has 11 heteroatoms. The Morgan fingerprint density at radius 1 is 0.933 bits per heavy atom. The molecule has 0 aliphatic heterocycles. The molecule has 3 N–H and O–H groups in total. The Kier molecular flexibility index (Phi) is 8.66. The molecule has 0 fully saturated rings. The largest absolute Gasteiger partial charge is 0.497 e. The molecule has 0 radical (unpaired) electrons. The van der Waals surface area contributed by atoms with Crippen molar-refractivity contribution >= 4 is 63.7 Å². The molecule has 2 rings (SSSR count). The third-order valence-electron chi connectivity index (χ3n) is 3.87. The average Bonchev–Trinajstić information content (AvgIpc) is 2.72. The van der Waals surface area contributed by atoms with E-state index in [9.17, 15) is 4.79 Å². The molecular weight excluding hydrogens is 473 g/mol. The number of anilines is 1. The quantitative estimate of drug-likeness (QED) is 0.305. The van der Waals surface area contributed by atoms with Gasteiger partial charge >= 0.3 is 0 Å². The maximum atomic E-state index is 12.7. The van der Waals surface area contributed by atoms with E-state index < -0.39 is 15.9 Å². The van der Waals surface area contributed by atoms with E-state index in [2.05, 4.69) is 16.0 Å². The van der Waals surface area contributed by atoms with Gasteiger partial charge in [0.15, 0.2) is 16.6 Å². The number of halogens is 3. The smallest absolute Gasteiger partial charge is 0.253 e. The van der Waals surface area contributed by atoms with E-state index in [1.54, 1.807) is 43.5 Å². The summed E-state index contributed by atoms with van der Waals surface area (Å²) < 4.78 is 13.6. The van der Waals surface area contributed by atoms with Gasteiger partial charge in [0.25, 0.3) is 5.91 Å². The zero-order chi connectivity index (χ0) is 22.3. The van der Waals surface area contributed by atoms with E-state index >= 15 is 0 Å². The van der Waals surface area contributed by atoms with Gasteiger partial charge in [-0.15, -0.1) is 0 Å². The van der Waals surface area contributed by atoms with Crippen LogP contribution in [0.2, 0.25) is 0 Å². The van der Waals surface area contributed by atoms with Crippen molar-refractivity contribution in [3.8, 4) is 17.2 Å². The zero-order valence-corrected chi connectivity index (χ0v) is 19.4. The van der Waals surface area contributed by atoms with Crippen molar-refractivity contribution < 1.29 is 19.0 Å². The van der Waals surface area contributed by atoms with Gasteiger partial charge in [-0.1, -0.05) is 34.8 Å². The highest BCUT2D eigenvalue weighted by Gasteiger charge is 2.35. The number of benzene rings is 2. The lowest BCUT2D eigenvalue weighted by Gasteiger charge is -2.28. The van der Waals surface area contributed by atoms with E-state index in [1.807, 2.05) is 0 Å². The fraction of sp³-hybridized carbons (Fsp3) is 0.263. The summed E-state index contributed by atoms with van der Waals surface area (Å²) in [6.07, 6.45) is -1.12. The van der Waals surface area contributed by atoms with Crippen molar-refractivity contribution in [2.75, 3.05) is 26.6 Å². The van der Waals surface area contributed by atoms with Gasteiger partial charge in [0.2, 0.25) is 3.79 Å². The Balaban J connectivity index is 2.10. The third kappa shape index (κ3) is 6.70. The fourth-order valence-corrected chi connectivity index (χ4v) is 2.93. The summed E-state index contributed by atoms with van der Waals surface area (Å²) in [6.45, 7) is 0.